The van der Waals surface area contributed by atoms with Crippen molar-refractivity contribution < 1.29 is 14.3 Å². The molecule has 0 spiro atoms. The van der Waals surface area contributed by atoms with Crippen molar-refractivity contribution in [2.45, 2.75) is 32.8 Å². The zero-order valence-corrected chi connectivity index (χ0v) is 16.8. The fourth-order valence-corrected chi connectivity index (χ4v) is 3.21. The molecule has 0 saturated carbocycles. The van der Waals surface area contributed by atoms with Gasteiger partial charge in [-0.2, -0.15) is 0 Å². The summed E-state index contributed by atoms with van der Waals surface area (Å²) in [5, 5.41) is 8.05. The van der Waals surface area contributed by atoms with Crippen LogP contribution in [0.1, 0.15) is 37.7 Å². The van der Waals surface area contributed by atoms with Crippen molar-refractivity contribution in [2.24, 2.45) is 5.92 Å². The number of carbonyl (C=O) groups excluding carboxylic acids is 2. The van der Waals surface area contributed by atoms with E-state index in [-0.39, 0.29) is 17.9 Å². The van der Waals surface area contributed by atoms with Gasteiger partial charge in [-0.05, 0) is 45.2 Å². The molecule has 1 aromatic heterocycles. The van der Waals surface area contributed by atoms with Crippen molar-refractivity contribution in [2.75, 3.05) is 26.7 Å². The Kier molecular flexibility index (Phi) is 5.67. The second kappa shape index (κ2) is 8.00. The molecule has 2 amide bonds. The first kappa shape index (κ1) is 19.9. The maximum absolute atomic E-state index is 12.7. The number of likely N-dealkylation sites (tertiary alicyclic amines) is 1. The normalized spacial score (nSPS) is 16.9. The number of ether oxygens (including phenoxy) is 1. The number of amides is 2. The van der Waals surface area contributed by atoms with Crippen LogP contribution in [0.5, 0.6) is 0 Å². The molecule has 2 heterocycles. The SMILES string of the molecule is CN(CC1CCN(C(=O)OC(C)(C)C)C1)C(=O)c1cn(-c2ccccc2)nn1. The van der Waals surface area contributed by atoms with E-state index in [1.807, 2.05) is 51.1 Å². The van der Waals surface area contributed by atoms with Crippen molar-refractivity contribution in [3.8, 4) is 5.69 Å². The number of hydrogen-bond donors (Lipinski definition) is 0. The minimum Gasteiger partial charge on any atom is -0.444 e. The summed E-state index contributed by atoms with van der Waals surface area (Å²) in [7, 11) is 1.75. The molecule has 150 valence electrons. The average Bonchev–Trinajstić information content (AvgIpc) is 3.30. The second-order valence-corrected chi connectivity index (χ2v) is 8.15. The first-order valence-electron chi connectivity index (χ1n) is 9.44. The van der Waals surface area contributed by atoms with Crippen molar-refractivity contribution in [3.05, 3.63) is 42.2 Å². The van der Waals surface area contributed by atoms with E-state index in [1.54, 1.807) is 27.7 Å². The number of benzene rings is 1. The molecule has 1 aliphatic heterocycles. The highest BCUT2D eigenvalue weighted by atomic mass is 16.6. The molecule has 1 aliphatic rings. The summed E-state index contributed by atoms with van der Waals surface area (Å²) in [5.74, 6) is 0.0311. The Labute approximate surface area is 165 Å². The third-order valence-electron chi connectivity index (χ3n) is 4.55. The first-order valence-corrected chi connectivity index (χ1v) is 9.44. The van der Waals surface area contributed by atoms with Gasteiger partial charge in [0.05, 0.1) is 11.9 Å². The first-order chi connectivity index (χ1) is 13.2. The van der Waals surface area contributed by atoms with Crippen LogP contribution in [0.2, 0.25) is 0 Å². The summed E-state index contributed by atoms with van der Waals surface area (Å²) in [6.45, 7) is 7.35. The molecule has 1 unspecified atom stereocenters. The Bertz CT molecular complexity index is 828. The zero-order chi connectivity index (χ0) is 20.3. The molecule has 2 aromatic rings. The van der Waals surface area contributed by atoms with E-state index in [9.17, 15) is 9.59 Å². The summed E-state index contributed by atoms with van der Waals surface area (Å²) in [6.07, 6.45) is 2.18. The van der Waals surface area contributed by atoms with Gasteiger partial charge >= 0.3 is 6.09 Å². The molecule has 1 saturated heterocycles. The predicted molar refractivity (Wildman–Crippen MR) is 104 cm³/mol. The van der Waals surface area contributed by atoms with Crippen LogP contribution in [0.25, 0.3) is 5.69 Å². The fraction of sp³-hybridized carbons (Fsp3) is 0.500. The number of nitrogens with zero attached hydrogens (tertiary/aromatic N) is 5. The van der Waals surface area contributed by atoms with Crippen LogP contribution >= 0.6 is 0 Å². The predicted octanol–water partition coefficient (Wildman–Crippen LogP) is 2.60. The summed E-state index contributed by atoms with van der Waals surface area (Å²) in [5.41, 5.74) is 0.640. The standard InChI is InChI=1S/C20H27N5O3/c1-20(2,3)28-19(27)24-11-10-15(13-24)12-23(4)18(26)17-14-25(22-21-17)16-8-6-5-7-9-16/h5-9,14-15H,10-13H2,1-4H3. The van der Waals surface area contributed by atoms with Crippen molar-refractivity contribution >= 4 is 12.0 Å². The molecule has 28 heavy (non-hydrogen) atoms. The number of carbonyl (C=O) groups is 2. The van der Waals surface area contributed by atoms with E-state index in [4.69, 9.17) is 4.74 Å². The summed E-state index contributed by atoms with van der Waals surface area (Å²) >= 11 is 0. The third kappa shape index (κ3) is 4.88. The van der Waals surface area contributed by atoms with E-state index in [0.717, 1.165) is 12.1 Å². The smallest absolute Gasteiger partial charge is 0.410 e. The quantitative estimate of drug-likeness (QED) is 0.808. The van der Waals surface area contributed by atoms with Crippen molar-refractivity contribution in [3.63, 3.8) is 0 Å². The highest BCUT2D eigenvalue weighted by Crippen LogP contribution is 2.20. The number of aromatic nitrogens is 3. The summed E-state index contributed by atoms with van der Waals surface area (Å²) < 4.78 is 7.01. The van der Waals surface area contributed by atoms with Crippen LogP contribution in [0.4, 0.5) is 4.79 Å². The van der Waals surface area contributed by atoms with Crippen molar-refractivity contribution in [1.29, 1.82) is 0 Å². The van der Waals surface area contributed by atoms with Crippen LogP contribution in [-0.4, -0.2) is 69.1 Å². The van der Waals surface area contributed by atoms with Gasteiger partial charge in [0.15, 0.2) is 5.69 Å². The van der Waals surface area contributed by atoms with Crippen molar-refractivity contribution in [1.82, 2.24) is 24.8 Å². The van der Waals surface area contributed by atoms with E-state index >= 15 is 0 Å². The van der Waals surface area contributed by atoms with Gasteiger partial charge in [-0.1, -0.05) is 23.4 Å². The third-order valence-corrected chi connectivity index (χ3v) is 4.55. The summed E-state index contributed by atoms with van der Waals surface area (Å²) in [4.78, 5) is 28.2. The minimum absolute atomic E-state index is 0.183. The Morgan fingerprint density at radius 2 is 1.96 bits per heavy atom. The van der Waals surface area contributed by atoms with Gasteiger partial charge < -0.3 is 14.5 Å². The lowest BCUT2D eigenvalue weighted by Gasteiger charge is -2.25. The molecular formula is C20H27N5O3. The molecule has 0 N–H and O–H groups in total. The highest BCUT2D eigenvalue weighted by molar-refractivity contribution is 5.91. The molecule has 1 fully saturated rings. The maximum atomic E-state index is 12.7. The average molecular weight is 385 g/mol. The van der Waals surface area contributed by atoms with E-state index in [0.29, 0.717) is 25.3 Å². The number of hydrogen-bond acceptors (Lipinski definition) is 5. The Hall–Kier alpha value is -2.90. The van der Waals surface area contributed by atoms with Gasteiger partial charge in [-0.25, -0.2) is 9.48 Å². The molecule has 3 rings (SSSR count). The topological polar surface area (TPSA) is 80.6 Å². The highest BCUT2D eigenvalue weighted by Gasteiger charge is 2.31. The molecule has 1 atom stereocenters. The fourth-order valence-electron chi connectivity index (χ4n) is 3.21. The molecule has 8 heteroatoms. The molecular weight excluding hydrogens is 358 g/mol. The van der Waals surface area contributed by atoms with Gasteiger partial charge in [-0.3, -0.25) is 4.79 Å². The minimum atomic E-state index is -0.507. The lowest BCUT2D eigenvalue weighted by atomic mass is 10.1. The lowest BCUT2D eigenvalue weighted by molar-refractivity contribution is 0.0286. The molecule has 0 aliphatic carbocycles. The van der Waals surface area contributed by atoms with Gasteiger partial charge in [0, 0.05) is 26.7 Å². The zero-order valence-electron chi connectivity index (χ0n) is 16.8. The number of rotatable bonds is 4. The van der Waals surface area contributed by atoms with Gasteiger partial charge in [0.25, 0.3) is 5.91 Å². The largest absolute Gasteiger partial charge is 0.444 e. The Morgan fingerprint density at radius 3 is 2.64 bits per heavy atom. The van der Waals surface area contributed by atoms with Crippen LogP contribution in [0.3, 0.4) is 0 Å². The van der Waals surface area contributed by atoms with Crippen LogP contribution < -0.4 is 0 Å². The van der Waals surface area contributed by atoms with E-state index < -0.39 is 5.60 Å². The Morgan fingerprint density at radius 1 is 1.25 bits per heavy atom. The Balaban J connectivity index is 1.55. The molecule has 8 nitrogen and oxygen atoms in total. The van der Waals surface area contributed by atoms with E-state index in [2.05, 4.69) is 10.3 Å². The van der Waals surface area contributed by atoms with Gasteiger partial charge in [-0.15, -0.1) is 5.10 Å². The molecule has 1 aromatic carbocycles. The van der Waals surface area contributed by atoms with Crippen LogP contribution in [0.15, 0.2) is 36.5 Å². The maximum Gasteiger partial charge on any atom is 0.410 e. The lowest BCUT2D eigenvalue weighted by Crippen LogP contribution is -2.37. The monoisotopic (exact) mass is 385 g/mol. The summed E-state index contributed by atoms with van der Waals surface area (Å²) in [6, 6.07) is 9.53. The molecule has 0 radical (unpaired) electrons. The number of para-hydroxylation sites is 1. The second-order valence-electron chi connectivity index (χ2n) is 8.15. The van der Waals surface area contributed by atoms with Crippen LogP contribution in [0, 0.1) is 5.92 Å². The van der Waals surface area contributed by atoms with Gasteiger partial charge in [0.1, 0.15) is 5.60 Å². The molecule has 0 bridgehead atoms. The van der Waals surface area contributed by atoms with E-state index in [1.165, 1.54) is 0 Å². The van der Waals surface area contributed by atoms with Crippen LogP contribution in [-0.2, 0) is 4.74 Å². The van der Waals surface area contributed by atoms with Gasteiger partial charge in [0.2, 0.25) is 0 Å².